The van der Waals surface area contributed by atoms with Crippen LogP contribution in [0.25, 0.3) is 6.08 Å². The van der Waals surface area contributed by atoms with Crippen molar-refractivity contribution in [2.75, 3.05) is 19.4 Å². The average Bonchev–Trinajstić information content (AvgIpc) is 2.73. The summed E-state index contributed by atoms with van der Waals surface area (Å²) in [7, 11) is -3.20. The fraction of sp³-hybridized carbons (Fsp3) is 0.625. The molecule has 0 aromatic heterocycles. The van der Waals surface area contributed by atoms with E-state index < -0.39 is 7.60 Å². The van der Waals surface area contributed by atoms with Crippen LogP contribution >= 0.6 is 7.60 Å². The van der Waals surface area contributed by atoms with Gasteiger partial charge in [0.1, 0.15) is 5.75 Å². The SMILES string of the molecule is CCCCCCCCCC(=O)N/C(=C/c1ccc(O)cc1)CCP(=O)(OCC)OCC. The maximum atomic E-state index is 12.8. The largest absolute Gasteiger partial charge is 0.508 e. The average molecular weight is 454 g/mol. The van der Waals surface area contributed by atoms with E-state index >= 15 is 0 Å². The summed E-state index contributed by atoms with van der Waals surface area (Å²) in [5.41, 5.74) is 1.50. The van der Waals surface area contributed by atoms with Crippen molar-refractivity contribution in [2.24, 2.45) is 0 Å². The molecule has 0 bridgehead atoms. The molecule has 0 saturated carbocycles. The summed E-state index contributed by atoms with van der Waals surface area (Å²) in [5, 5.41) is 12.5. The van der Waals surface area contributed by atoms with Gasteiger partial charge < -0.3 is 19.5 Å². The lowest BCUT2D eigenvalue weighted by molar-refractivity contribution is -0.120. The van der Waals surface area contributed by atoms with Gasteiger partial charge >= 0.3 is 7.60 Å². The first-order chi connectivity index (χ1) is 14.9. The number of phenols is 1. The fourth-order valence-electron chi connectivity index (χ4n) is 3.24. The first-order valence-electron chi connectivity index (χ1n) is 11.6. The number of carbonyl (C=O) groups excluding carboxylic acids is 1. The number of allylic oxidation sites excluding steroid dienone is 1. The van der Waals surface area contributed by atoms with E-state index in [0.29, 0.717) is 31.8 Å². The van der Waals surface area contributed by atoms with Crippen LogP contribution in [0.2, 0.25) is 0 Å². The lowest BCUT2D eigenvalue weighted by Gasteiger charge is -2.18. The van der Waals surface area contributed by atoms with Gasteiger partial charge in [-0.2, -0.15) is 0 Å². The molecular formula is C24H40NO5P. The van der Waals surface area contributed by atoms with Crippen LogP contribution in [0.1, 0.15) is 84.1 Å². The molecule has 0 radical (unpaired) electrons. The number of amides is 1. The molecule has 0 saturated heterocycles. The molecule has 0 fully saturated rings. The third-order valence-corrected chi connectivity index (χ3v) is 6.92. The second kappa shape index (κ2) is 16.1. The lowest BCUT2D eigenvalue weighted by atomic mass is 10.1. The second-order valence-corrected chi connectivity index (χ2v) is 9.79. The Hall–Kier alpha value is -1.62. The van der Waals surface area contributed by atoms with E-state index in [2.05, 4.69) is 12.2 Å². The zero-order valence-electron chi connectivity index (χ0n) is 19.4. The van der Waals surface area contributed by atoms with Crippen molar-refractivity contribution < 1.29 is 23.5 Å². The van der Waals surface area contributed by atoms with E-state index in [1.165, 1.54) is 25.7 Å². The fourth-order valence-corrected chi connectivity index (χ4v) is 4.88. The van der Waals surface area contributed by atoms with Crippen LogP contribution in [0.4, 0.5) is 0 Å². The van der Waals surface area contributed by atoms with Gasteiger partial charge in [-0.1, -0.05) is 57.6 Å². The van der Waals surface area contributed by atoms with Gasteiger partial charge in [0, 0.05) is 12.1 Å². The molecule has 1 aromatic rings. The zero-order valence-corrected chi connectivity index (χ0v) is 20.3. The Morgan fingerprint density at radius 2 is 1.52 bits per heavy atom. The van der Waals surface area contributed by atoms with Crippen LogP contribution in [0, 0.1) is 0 Å². The highest BCUT2D eigenvalue weighted by molar-refractivity contribution is 7.53. The Bertz CT molecular complexity index is 692. The molecule has 1 rings (SSSR count). The minimum atomic E-state index is -3.20. The van der Waals surface area contributed by atoms with Crippen LogP contribution in [-0.4, -0.2) is 30.4 Å². The molecule has 0 aliphatic heterocycles. The van der Waals surface area contributed by atoms with E-state index in [0.717, 1.165) is 24.8 Å². The number of phenolic OH excluding ortho intramolecular Hbond substituents is 1. The quantitative estimate of drug-likeness (QED) is 0.204. The van der Waals surface area contributed by atoms with E-state index in [9.17, 15) is 14.5 Å². The Morgan fingerprint density at radius 3 is 2.10 bits per heavy atom. The van der Waals surface area contributed by atoms with Crippen LogP contribution < -0.4 is 5.32 Å². The van der Waals surface area contributed by atoms with Crippen LogP contribution in [0.15, 0.2) is 30.0 Å². The molecule has 6 nitrogen and oxygen atoms in total. The van der Waals surface area contributed by atoms with Crippen LogP contribution in [-0.2, 0) is 18.4 Å². The molecule has 176 valence electrons. The predicted octanol–water partition coefficient (Wildman–Crippen LogP) is 6.65. The molecule has 1 aromatic carbocycles. The van der Waals surface area contributed by atoms with Crippen molar-refractivity contribution in [1.82, 2.24) is 5.32 Å². The number of aromatic hydroxyl groups is 1. The second-order valence-electron chi connectivity index (χ2n) is 7.60. The molecule has 1 amide bonds. The molecule has 2 N–H and O–H groups in total. The first-order valence-corrected chi connectivity index (χ1v) is 13.3. The summed E-state index contributed by atoms with van der Waals surface area (Å²) in [6, 6.07) is 6.72. The molecular weight excluding hydrogens is 413 g/mol. The smallest absolute Gasteiger partial charge is 0.331 e. The maximum Gasteiger partial charge on any atom is 0.331 e. The maximum absolute atomic E-state index is 12.8. The molecule has 0 heterocycles. The topological polar surface area (TPSA) is 84.9 Å². The Labute approximate surface area is 188 Å². The molecule has 31 heavy (non-hydrogen) atoms. The normalized spacial score (nSPS) is 12.2. The molecule has 0 unspecified atom stereocenters. The first kappa shape index (κ1) is 27.4. The number of benzene rings is 1. The van der Waals surface area contributed by atoms with Crippen LogP contribution in [0.5, 0.6) is 5.75 Å². The summed E-state index contributed by atoms with van der Waals surface area (Å²) in [6.45, 7) is 6.37. The van der Waals surface area contributed by atoms with Crippen molar-refractivity contribution in [3.63, 3.8) is 0 Å². The van der Waals surface area contributed by atoms with Crippen LogP contribution in [0.3, 0.4) is 0 Å². The van der Waals surface area contributed by atoms with Gasteiger partial charge in [0.15, 0.2) is 0 Å². The number of unbranched alkanes of at least 4 members (excludes halogenated alkanes) is 6. The van der Waals surface area contributed by atoms with Crippen molar-refractivity contribution >= 4 is 19.6 Å². The standard InChI is InChI=1S/C24H40NO5P/c1-4-7-8-9-10-11-12-13-24(27)25-22(20-21-14-16-23(26)17-15-21)18-19-31(28,29-5-2)30-6-3/h14-17,20,26H,4-13,18-19H2,1-3H3,(H,25,27)/b22-20+. The van der Waals surface area contributed by atoms with E-state index in [4.69, 9.17) is 9.05 Å². The minimum Gasteiger partial charge on any atom is -0.508 e. The van der Waals surface area contributed by atoms with E-state index in [1.54, 1.807) is 38.1 Å². The number of hydrogen-bond donors (Lipinski definition) is 2. The summed E-state index contributed by atoms with van der Waals surface area (Å²) in [4.78, 5) is 12.5. The molecule has 7 heteroatoms. The monoisotopic (exact) mass is 453 g/mol. The van der Waals surface area contributed by atoms with Gasteiger partial charge in [-0.25, -0.2) is 0 Å². The van der Waals surface area contributed by atoms with Crippen molar-refractivity contribution in [2.45, 2.75) is 78.6 Å². The number of carbonyl (C=O) groups is 1. The molecule has 0 aliphatic rings. The Balaban J connectivity index is 2.69. The van der Waals surface area contributed by atoms with Crippen molar-refractivity contribution in [3.05, 3.63) is 35.5 Å². The summed E-state index contributed by atoms with van der Waals surface area (Å²) < 4.78 is 23.5. The van der Waals surface area contributed by atoms with Gasteiger partial charge in [0.05, 0.1) is 19.4 Å². The third-order valence-electron chi connectivity index (χ3n) is 4.85. The van der Waals surface area contributed by atoms with Crippen molar-refractivity contribution in [1.29, 1.82) is 0 Å². The summed E-state index contributed by atoms with van der Waals surface area (Å²) in [6.07, 6.45) is 10.9. The van der Waals surface area contributed by atoms with E-state index in [-0.39, 0.29) is 17.8 Å². The number of nitrogens with one attached hydrogen (secondary N) is 1. The zero-order chi connectivity index (χ0) is 23.0. The van der Waals surface area contributed by atoms with Crippen molar-refractivity contribution in [3.8, 4) is 5.75 Å². The molecule has 0 spiro atoms. The van der Waals surface area contributed by atoms with Gasteiger partial charge in [0.2, 0.25) is 5.91 Å². The Kier molecular flexibility index (Phi) is 14.2. The molecule has 0 aliphatic carbocycles. The Morgan fingerprint density at radius 1 is 0.935 bits per heavy atom. The van der Waals surface area contributed by atoms with Gasteiger partial charge in [-0.15, -0.1) is 0 Å². The van der Waals surface area contributed by atoms with E-state index in [1.807, 2.05) is 6.08 Å². The lowest BCUT2D eigenvalue weighted by Crippen LogP contribution is -2.23. The van der Waals surface area contributed by atoms with Gasteiger partial charge in [-0.3, -0.25) is 9.36 Å². The third kappa shape index (κ3) is 12.7. The summed E-state index contributed by atoms with van der Waals surface area (Å²) in [5.74, 6) is 0.139. The highest BCUT2D eigenvalue weighted by Gasteiger charge is 2.24. The number of rotatable bonds is 17. The number of hydrogen-bond acceptors (Lipinski definition) is 5. The minimum absolute atomic E-state index is 0.0405. The van der Waals surface area contributed by atoms with Gasteiger partial charge in [-0.05, 0) is 50.5 Å². The molecule has 0 atom stereocenters. The highest BCUT2D eigenvalue weighted by Crippen LogP contribution is 2.49. The summed E-state index contributed by atoms with van der Waals surface area (Å²) >= 11 is 0. The predicted molar refractivity (Wildman–Crippen MR) is 127 cm³/mol. The highest BCUT2D eigenvalue weighted by atomic mass is 31.2. The van der Waals surface area contributed by atoms with Gasteiger partial charge in [0.25, 0.3) is 0 Å².